The van der Waals surface area contributed by atoms with E-state index >= 15 is 0 Å². The summed E-state index contributed by atoms with van der Waals surface area (Å²) < 4.78 is 4.85. The topological polar surface area (TPSA) is 76.1 Å². The Morgan fingerprint density at radius 2 is 1.71 bits per heavy atom. The lowest BCUT2D eigenvalue weighted by atomic mass is 9.90. The Balaban J connectivity index is 1.78. The summed E-state index contributed by atoms with van der Waals surface area (Å²) in [7, 11) is 1.32. The molecule has 28 heavy (non-hydrogen) atoms. The number of hydroxylamine groups is 2. The van der Waals surface area contributed by atoms with Crippen LogP contribution < -0.4 is 0 Å². The van der Waals surface area contributed by atoms with Crippen molar-refractivity contribution in [1.82, 2.24) is 5.06 Å². The standard InChI is InChI=1S/C22H27NO5/c1-27-22(26)21(19-12-6-3-7-13-19)20(25)14-8-9-15-23(17-24)28-16-18-10-4-2-5-11-18/h2-7,10-13,17,20-21,25H,8-9,14-16H2,1H3. The molecule has 0 heterocycles. The summed E-state index contributed by atoms with van der Waals surface area (Å²) in [6.07, 6.45) is 1.50. The molecule has 0 aliphatic carbocycles. The van der Waals surface area contributed by atoms with Gasteiger partial charge in [0.05, 0.1) is 13.2 Å². The molecule has 2 unspecified atom stereocenters. The molecule has 0 saturated heterocycles. The van der Waals surface area contributed by atoms with Crippen molar-refractivity contribution in [1.29, 1.82) is 0 Å². The minimum Gasteiger partial charge on any atom is -0.468 e. The zero-order chi connectivity index (χ0) is 20.2. The average molecular weight is 385 g/mol. The van der Waals surface area contributed by atoms with Crippen LogP contribution in [0.1, 0.15) is 36.3 Å². The first kappa shape index (κ1) is 21.6. The van der Waals surface area contributed by atoms with Crippen molar-refractivity contribution in [3.63, 3.8) is 0 Å². The lowest BCUT2D eigenvalue weighted by Crippen LogP contribution is -2.28. The van der Waals surface area contributed by atoms with E-state index in [9.17, 15) is 14.7 Å². The summed E-state index contributed by atoms with van der Waals surface area (Å²) >= 11 is 0. The maximum Gasteiger partial charge on any atom is 0.315 e. The second-order valence-electron chi connectivity index (χ2n) is 6.48. The van der Waals surface area contributed by atoms with E-state index in [1.54, 1.807) is 12.1 Å². The molecule has 150 valence electrons. The number of unbranched alkanes of at least 4 members (excludes halogenated alkanes) is 1. The van der Waals surface area contributed by atoms with Crippen LogP contribution in [0, 0.1) is 0 Å². The first-order chi connectivity index (χ1) is 13.7. The predicted octanol–water partition coefficient (Wildman–Crippen LogP) is 3.06. The van der Waals surface area contributed by atoms with Crippen molar-refractivity contribution < 1.29 is 24.3 Å². The highest BCUT2D eigenvalue weighted by atomic mass is 16.7. The third-order valence-electron chi connectivity index (χ3n) is 4.48. The number of benzene rings is 2. The van der Waals surface area contributed by atoms with Gasteiger partial charge in [-0.3, -0.25) is 14.4 Å². The number of amides is 1. The molecule has 0 fully saturated rings. The van der Waals surface area contributed by atoms with Crippen LogP contribution in [0.3, 0.4) is 0 Å². The van der Waals surface area contributed by atoms with Crippen molar-refractivity contribution in [3.05, 3.63) is 71.8 Å². The quantitative estimate of drug-likeness (QED) is 0.263. The Morgan fingerprint density at radius 3 is 2.32 bits per heavy atom. The molecule has 0 spiro atoms. The Morgan fingerprint density at radius 1 is 1.07 bits per heavy atom. The van der Waals surface area contributed by atoms with Gasteiger partial charge in [-0.1, -0.05) is 60.7 Å². The van der Waals surface area contributed by atoms with Gasteiger partial charge in [0.2, 0.25) is 6.41 Å². The van der Waals surface area contributed by atoms with Crippen molar-refractivity contribution in [2.45, 2.75) is 37.9 Å². The first-order valence-corrected chi connectivity index (χ1v) is 9.35. The van der Waals surface area contributed by atoms with Crippen molar-refractivity contribution in [3.8, 4) is 0 Å². The highest BCUT2D eigenvalue weighted by Crippen LogP contribution is 2.24. The van der Waals surface area contributed by atoms with E-state index in [2.05, 4.69) is 0 Å². The van der Waals surface area contributed by atoms with Crippen LogP contribution >= 0.6 is 0 Å². The number of nitrogens with zero attached hydrogens (tertiary/aromatic N) is 1. The lowest BCUT2D eigenvalue weighted by molar-refractivity contribution is -0.177. The van der Waals surface area contributed by atoms with Gasteiger partial charge in [-0.2, -0.15) is 0 Å². The molecule has 0 saturated carbocycles. The normalized spacial score (nSPS) is 12.8. The SMILES string of the molecule is COC(=O)C(c1ccccc1)C(O)CCCCN(C=O)OCc1ccccc1. The fraction of sp³-hybridized carbons (Fsp3) is 0.364. The van der Waals surface area contributed by atoms with Crippen LogP contribution in [-0.4, -0.2) is 42.3 Å². The van der Waals surface area contributed by atoms with E-state index in [1.807, 2.05) is 48.5 Å². The molecule has 2 aromatic carbocycles. The summed E-state index contributed by atoms with van der Waals surface area (Å²) in [4.78, 5) is 28.8. The fourth-order valence-electron chi connectivity index (χ4n) is 2.97. The third kappa shape index (κ3) is 6.79. The lowest BCUT2D eigenvalue weighted by Gasteiger charge is -2.22. The van der Waals surface area contributed by atoms with Crippen LogP contribution in [0.25, 0.3) is 0 Å². The molecular formula is C22H27NO5. The Labute approximate surface area is 165 Å². The van der Waals surface area contributed by atoms with Gasteiger partial charge in [0.25, 0.3) is 0 Å². The van der Waals surface area contributed by atoms with E-state index in [0.29, 0.717) is 38.8 Å². The molecule has 2 rings (SSSR count). The van der Waals surface area contributed by atoms with E-state index < -0.39 is 18.0 Å². The third-order valence-corrected chi connectivity index (χ3v) is 4.48. The van der Waals surface area contributed by atoms with Gasteiger partial charge in [0.1, 0.15) is 12.5 Å². The van der Waals surface area contributed by atoms with Gasteiger partial charge in [0, 0.05) is 6.54 Å². The number of ether oxygens (including phenoxy) is 1. The second-order valence-corrected chi connectivity index (χ2v) is 6.48. The largest absolute Gasteiger partial charge is 0.468 e. The Kier molecular flexibility index (Phi) is 9.18. The summed E-state index contributed by atoms with van der Waals surface area (Å²) in [6.45, 7) is 0.734. The molecule has 2 aromatic rings. The average Bonchev–Trinajstić information content (AvgIpc) is 2.74. The number of esters is 1. The van der Waals surface area contributed by atoms with Crippen molar-refractivity contribution in [2.75, 3.05) is 13.7 Å². The summed E-state index contributed by atoms with van der Waals surface area (Å²) in [6, 6.07) is 18.7. The molecular weight excluding hydrogens is 358 g/mol. The molecule has 0 aromatic heterocycles. The number of carbonyl (C=O) groups is 2. The highest BCUT2D eigenvalue weighted by molar-refractivity contribution is 5.78. The minimum atomic E-state index is -0.857. The van der Waals surface area contributed by atoms with Gasteiger partial charge >= 0.3 is 5.97 Å². The number of hydrogen-bond acceptors (Lipinski definition) is 5. The number of aliphatic hydroxyl groups is 1. The van der Waals surface area contributed by atoms with Crippen molar-refractivity contribution >= 4 is 12.4 Å². The molecule has 2 atom stereocenters. The van der Waals surface area contributed by atoms with E-state index in [1.165, 1.54) is 12.2 Å². The smallest absolute Gasteiger partial charge is 0.315 e. The fourth-order valence-corrected chi connectivity index (χ4v) is 2.97. The van der Waals surface area contributed by atoms with Crippen LogP contribution in [0.5, 0.6) is 0 Å². The maximum absolute atomic E-state index is 12.1. The van der Waals surface area contributed by atoms with Gasteiger partial charge in [-0.05, 0) is 30.4 Å². The number of aliphatic hydroxyl groups excluding tert-OH is 1. The molecule has 0 radical (unpaired) electrons. The number of carbonyl (C=O) groups excluding carboxylic acids is 2. The van der Waals surface area contributed by atoms with Crippen molar-refractivity contribution in [2.24, 2.45) is 0 Å². The minimum absolute atomic E-state index is 0.320. The molecule has 6 heteroatoms. The van der Waals surface area contributed by atoms with Gasteiger partial charge in [-0.25, -0.2) is 5.06 Å². The Bertz CT molecular complexity index is 707. The van der Waals surface area contributed by atoms with Gasteiger partial charge in [-0.15, -0.1) is 0 Å². The summed E-state index contributed by atoms with van der Waals surface area (Å²) in [5.74, 6) is -1.18. The Hall–Kier alpha value is -2.70. The molecule has 0 aliphatic heterocycles. The van der Waals surface area contributed by atoms with E-state index in [-0.39, 0.29) is 0 Å². The summed E-state index contributed by atoms with van der Waals surface area (Å²) in [5.41, 5.74) is 1.70. The van der Waals surface area contributed by atoms with E-state index in [0.717, 1.165) is 11.1 Å². The van der Waals surface area contributed by atoms with Crippen LogP contribution in [0.4, 0.5) is 0 Å². The number of hydrogen-bond donors (Lipinski definition) is 1. The molecule has 1 amide bonds. The maximum atomic E-state index is 12.1. The first-order valence-electron chi connectivity index (χ1n) is 9.35. The highest BCUT2D eigenvalue weighted by Gasteiger charge is 2.29. The number of methoxy groups -OCH3 is 1. The van der Waals surface area contributed by atoms with Gasteiger partial charge < -0.3 is 9.84 Å². The van der Waals surface area contributed by atoms with Crippen LogP contribution in [0.15, 0.2) is 60.7 Å². The molecule has 6 nitrogen and oxygen atoms in total. The molecule has 0 aliphatic rings. The second kappa shape index (κ2) is 11.9. The number of rotatable bonds is 12. The van der Waals surface area contributed by atoms with Gasteiger partial charge in [0.15, 0.2) is 0 Å². The monoisotopic (exact) mass is 385 g/mol. The van der Waals surface area contributed by atoms with Crippen LogP contribution in [0.2, 0.25) is 0 Å². The van der Waals surface area contributed by atoms with E-state index in [4.69, 9.17) is 9.57 Å². The zero-order valence-electron chi connectivity index (χ0n) is 16.1. The molecule has 0 bridgehead atoms. The zero-order valence-corrected chi connectivity index (χ0v) is 16.1. The predicted molar refractivity (Wildman–Crippen MR) is 105 cm³/mol. The molecule has 1 N–H and O–H groups in total. The van der Waals surface area contributed by atoms with Crippen LogP contribution in [-0.2, 0) is 25.8 Å². The summed E-state index contributed by atoms with van der Waals surface area (Å²) in [5, 5.41) is 11.8.